The molecule has 0 amide bonds. The van der Waals surface area contributed by atoms with Crippen LogP contribution in [-0.4, -0.2) is 25.7 Å². The molecule has 7 heteroatoms. The van der Waals surface area contributed by atoms with E-state index in [0.29, 0.717) is 47.4 Å². The molecule has 118 valence electrons. The predicted molar refractivity (Wildman–Crippen MR) is 82.3 cm³/mol. The number of nitrogens with two attached hydrogens (primary N) is 1. The quantitative estimate of drug-likeness (QED) is 0.493. The largest absolute Gasteiger partial charge is 0.393 e. The first-order valence-corrected chi connectivity index (χ1v) is 8.60. The second-order valence-electron chi connectivity index (χ2n) is 5.71. The Bertz CT molecular complexity index is 585. The Morgan fingerprint density at radius 1 is 1.14 bits per heavy atom. The van der Waals surface area contributed by atoms with Crippen LogP contribution in [-0.2, 0) is 10.0 Å². The second kappa shape index (κ2) is 6.31. The molecule has 1 fully saturated rings. The van der Waals surface area contributed by atoms with Gasteiger partial charge in [-0.2, -0.15) is 0 Å². The topological polar surface area (TPSA) is 104 Å². The molecule has 0 spiro atoms. The van der Waals surface area contributed by atoms with E-state index in [2.05, 4.69) is 10.1 Å². The van der Waals surface area contributed by atoms with E-state index in [1.54, 1.807) is 26.0 Å². The van der Waals surface area contributed by atoms with Crippen LogP contribution in [0.1, 0.15) is 36.8 Å². The molecule has 5 N–H and O–H groups in total. The Balaban J connectivity index is 2.24. The minimum atomic E-state index is -3.56. The summed E-state index contributed by atoms with van der Waals surface area (Å²) in [4.78, 5) is 0.313. The summed E-state index contributed by atoms with van der Waals surface area (Å²) in [5.41, 5.74) is 4.53. The van der Waals surface area contributed by atoms with Crippen LogP contribution in [0.2, 0.25) is 0 Å². The third-order valence-electron chi connectivity index (χ3n) is 3.91. The number of sulfonamides is 1. The van der Waals surface area contributed by atoms with Gasteiger partial charge in [0.25, 0.3) is 0 Å². The van der Waals surface area contributed by atoms with Gasteiger partial charge in [-0.15, -0.1) is 0 Å². The van der Waals surface area contributed by atoms with Crippen LogP contribution in [0.25, 0.3) is 0 Å². The fourth-order valence-corrected chi connectivity index (χ4v) is 4.69. The number of anilines is 1. The van der Waals surface area contributed by atoms with Gasteiger partial charge >= 0.3 is 0 Å². The monoisotopic (exact) mass is 313 g/mol. The lowest BCUT2D eigenvalue weighted by Crippen LogP contribution is -2.39. The molecule has 0 heterocycles. The lowest BCUT2D eigenvalue weighted by atomic mass is 9.94. The number of rotatable bonds is 4. The van der Waals surface area contributed by atoms with Gasteiger partial charge in [0.2, 0.25) is 10.0 Å². The standard InChI is InChI=1S/C14H23N3O3S/c1-9-7-12(16-15)8-10(2)14(9)21(19,20)17-11-3-5-13(18)6-4-11/h7-8,11,13,16-18H,3-6,15H2,1-2H3. The smallest absolute Gasteiger partial charge is 0.241 e. The van der Waals surface area contributed by atoms with E-state index in [0.717, 1.165) is 0 Å². The van der Waals surface area contributed by atoms with Gasteiger partial charge in [0.15, 0.2) is 0 Å². The molecular formula is C14H23N3O3S. The highest BCUT2D eigenvalue weighted by Crippen LogP contribution is 2.26. The molecule has 2 rings (SSSR count). The van der Waals surface area contributed by atoms with Gasteiger partial charge in [0.1, 0.15) is 0 Å². The lowest BCUT2D eigenvalue weighted by molar-refractivity contribution is 0.120. The average Bonchev–Trinajstić information content (AvgIpc) is 2.39. The van der Waals surface area contributed by atoms with E-state index >= 15 is 0 Å². The molecule has 0 atom stereocenters. The molecule has 0 aliphatic heterocycles. The zero-order valence-electron chi connectivity index (χ0n) is 12.4. The number of aliphatic hydroxyl groups is 1. The van der Waals surface area contributed by atoms with Crippen molar-refractivity contribution in [1.29, 1.82) is 0 Å². The number of aryl methyl sites for hydroxylation is 2. The van der Waals surface area contributed by atoms with E-state index in [4.69, 9.17) is 5.84 Å². The molecule has 1 aromatic rings. The first kappa shape index (κ1) is 16.2. The molecule has 6 nitrogen and oxygen atoms in total. The zero-order valence-corrected chi connectivity index (χ0v) is 13.2. The zero-order chi connectivity index (χ0) is 15.6. The fraction of sp³-hybridized carbons (Fsp3) is 0.571. The third-order valence-corrected chi connectivity index (χ3v) is 5.74. The number of nitrogens with one attached hydrogen (secondary N) is 2. The Labute approximate surface area is 125 Å². The van der Waals surface area contributed by atoms with Crippen LogP contribution < -0.4 is 16.0 Å². The predicted octanol–water partition coefficient (Wildman–Crippen LogP) is 1.17. The Morgan fingerprint density at radius 2 is 1.67 bits per heavy atom. The summed E-state index contributed by atoms with van der Waals surface area (Å²) < 4.78 is 28.0. The van der Waals surface area contributed by atoms with Gasteiger partial charge in [-0.05, 0) is 62.8 Å². The summed E-state index contributed by atoms with van der Waals surface area (Å²) >= 11 is 0. The number of hydrazine groups is 1. The van der Waals surface area contributed by atoms with Crippen LogP contribution in [0.15, 0.2) is 17.0 Å². The molecule has 21 heavy (non-hydrogen) atoms. The number of nitrogen functional groups attached to an aromatic ring is 1. The molecule has 0 radical (unpaired) electrons. The molecule has 0 bridgehead atoms. The van der Waals surface area contributed by atoms with Gasteiger partial charge in [-0.25, -0.2) is 13.1 Å². The minimum absolute atomic E-state index is 0.107. The van der Waals surface area contributed by atoms with Crippen LogP contribution in [0.4, 0.5) is 5.69 Å². The van der Waals surface area contributed by atoms with Crippen molar-refractivity contribution in [3.8, 4) is 0 Å². The van der Waals surface area contributed by atoms with Crippen LogP contribution in [0.3, 0.4) is 0 Å². The van der Waals surface area contributed by atoms with Gasteiger partial charge < -0.3 is 10.5 Å². The number of aliphatic hydroxyl groups excluding tert-OH is 1. The molecule has 1 aliphatic carbocycles. The van der Waals surface area contributed by atoms with Gasteiger partial charge in [-0.1, -0.05) is 0 Å². The number of hydrogen-bond acceptors (Lipinski definition) is 5. The fourth-order valence-electron chi connectivity index (χ4n) is 2.93. The van der Waals surface area contributed by atoms with E-state index < -0.39 is 10.0 Å². The van der Waals surface area contributed by atoms with Crippen molar-refractivity contribution in [2.45, 2.75) is 56.6 Å². The van der Waals surface area contributed by atoms with Gasteiger partial charge in [0, 0.05) is 11.7 Å². The highest BCUT2D eigenvalue weighted by atomic mass is 32.2. The third kappa shape index (κ3) is 3.74. The maximum atomic E-state index is 12.6. The maximum Gasteiger partial charge on any atom is 0.241 e. The summed E-state index contributed by atoms with van der Waals surface area (Å²) in [6.07, 6.45) is 2.31. The maximum absolute atomic E-state index is 12.6. The van der Waals surface area contributed by atoms with Crippen molar-refractivity contribution in [1.82, 2.24) is 4.72 Å². The van der Waals surface area contributed by atoms with Gasteiger partial charge in [-0.3, -0.25) is 5.84 Å². The van der Waals surface area contributed by atoms with E-state index in [-0.39, 0.29) is 12.1 Å². The summed E-state index contributed by atoms with van der Waals surface area (Å²) in [6.45, 7) is 3.51. The lowest BCUT2D eigenvalue weighted by Gasteiger charge is -2.26. The normalized spacial score (nSPS) is 23.0. The molecule has 0 saturated heterocycles. The van der Waals surface area contributed by atoms with Crippen LogP contribution >= 0.6 is 0 Å². The molecule has 1 aliphatic rings. The molecular weight excluding hydrogens is 290 g/mol. The van der Waals surface area contributed by atoms with Gasteiger partial charge in [0.05, 0.1) is 11.0 Å². The average molecular weight is 313 g/mol. The van der Waals surface area contributed by atoms with Crippen LogP contribution in [0, 0.1) is 13.8 Å². The van der Waals surface area contributed by atoms with Crippen LogP contribution in [0.5, 0.6) is 0 Å². The SMILES string of the molecule is Cc1cc(NN)cc(C)c1S(=O)(=O)NC1CCC(O)CC1. The Morgan fingerprint density at radius 3 is 2.14 bits per heavy atom. The van der Waals surface area contributed by atoms with Crippen molar-refractivity contribution < 1.29 is 13.5 Å². The Hall–Kier alpha value is -1.15. The van der Waals surface area contributed by atoms with E-state index in [1.165, 1.54) is 0 Å². The number of benzene rings is 1. The second-order valence-corrected chi connectivity index (χ2v) is 7.36. The van der Waals surface area contributed by atoms with E-state index in [1.807, 2.05) is 0 Å². The highest BCUT2D eigenvalue weighted by molar-refractivity contribution is 7.89. The van der Waals surface area contributed by atoms with Crippen molar-refractivity contribution in [2.75, 3.05) is 5.43 Å². The molecule has 1 aromatic carbocycles. The van der Waals surface area contributed by atoms with Crippen molar-refractivity contribution in [3.63, 3.8) is 0 Å². The Kier molecular flexibility index (Phi) is 4.88. The summed E-state index contributed by atoms with van der Waals surface area (Å²) in [7, 11) is -3.56. The van der Waals surface area contributed by atoms with Crippen molar-refractivity contribution in [2.24, 2.45) is 5.84 Å². The molecule has 0 aromatic heterocycles. The molecule has 1 saturated carbocycles. The summed E-state index contributed by atoms with van der Waals surface area (Å²) in [5, 5.41) is 9.49. The number of hydrogen-bond donors (Lipinski definition) is 4. The summed E-state index contributed by atoms with van der Waals surface area (Å²) in [5.74, 6) is 5.37. The van der Waals surface area contributed by atoms with Crippen molar-refractivity contribution >= 4 is 15.7 Å². The first-order valence-electron chi connectivity index (χ1n) is 7.11. The van der Waals surface area contributed by atoms with Crippen molar-refractivity contribution in [3.05, 3.63) is 23.3 Å². The molecule has 0 unspecified atom stereocenters. The highest BCUT2D eigenvalue weighted by Gasteiger charge is 2.27. The first-order chi connectivity index (χ1) is 9.83. The summed E-state index contributed by atoms with van der Waals surface area (Å²) in [6, 6.07) is 3.32. The van der Waals surface area contributed by atoms with E-state index in [9.17, 15) is 13.5 Å². The minimum Gasteiger partial charge on any atom is -0.393 e.